The van der Waals surface area contributed by atoms with Gasteiger partial charge in [0.25, 0.3) is 0 Å². The summed E-state index contributed by atoms with van der Waals surface area (Å²) < 4.78 is 38.1. The van der Waals surface area contributed by atoms with Crippen molar-refractivity contribution in [2.75, 3.05) is 0 Å². The second-order valence-corrected chi connectivity index (χ2v) is 7.35. The number of thioether (sulfide) groups is 1. The highest BCUT2D eigenvalue weighted by Crippen LogP contribution is 2.44. The van der Waals surface area contributed by atoms with Crippen molar-refractivity contribution in [1.82, 2.24) is 4.98 Å². The van der Waals surface area contributed by atoms with E-state index in [2.05, 4.69) is 4.98 Å². The Labute approximate surface area is 125 Å². The van der Waals surface area contributed by atoms with Crippen LogP contribution in [0.4, 0.5) is 13.2 Å². The Kier molecular flexibility index (Phi) is 3.99. The van der Waals surface area contributed by atoms with Gasteiger partial charge in [0, 0.05) is 16.4 Å². The van der Waals surface area contributed by atoms with E-state index in [1.807, 2.05) is 11.8 Å². The zero-order valence-electron chi connectivity index (χ0n) is 11.4. The van der Waals surface area contributed by atoms with E-state index in [1.165, 1.54) is 18.6 Å². The maximum atomic E-state index is 12.7. The molecule has 3 rings (SSSR count). The van der Waals surface area contributed by atoms with E-state index in [9.17, 15) is 18.0 Å². The van der Waals surface area contributed by atoms with Crippen LogP contribution >= 0.6 is 11.8 Å². The molecule has 6 heteroatoms. The molecule has 2 atom stereocenters. The Morgan fingerprint density at radius 2 is 1.86 bits per heavy atom. The van der Waals surface area contributed by atoms with E-state index < -0.39 is 11.9 Å². The number of hydrogen-bond acceptors (Lipinski definition) is 3. The van der Waals surface area contributed by atoms with Crippen molar-refractivity contribution in [2.45, 2.75) is 48.8 Å². The van der Waals surface area contributed by atoms with E-state index in [4.69, 9.17) is 0 Å². The molecule has 2 unspecified atom stereocenters. The standard InChI is InChI=1S/C15H16F3NOS/c16-15(17,18)13-6-2-5-12(19-13)14(20)9-7-10-3-1-4-11(8-9)21-10/h2,5-6,9-11H,1,3-4,7-8H2. The van der Waals surface area contributed by atoms with Gasteiger partial charge in [-0.3, -0.25) is 4.79 Å². The monoisotopic (exact) mass is 315 g/mol. The molecular formula is C15H16F3NOS. The van der Waals surface area contributed by atoms with Crippen LogP contribution in [0.25, 0.3) is 0 Å². The first-order chi connectivity index (χ1) is 9.93. The SMILES string of the molecule is O=C(c1cccc(C(F)(F)F)n1)C1CC2CCCC(C1)S2. The van der Waals surface area contributed by atoms with Crippen LogP contribution in [0, 0.1) is 5.92 Å². The molecule has 2 aliphatic heterocycles. The molecule has 0 aliphatic carbocycles. The zero-order valence-corrected chi connectivity index (χ0v) is 12.2. The fourth-order valence-electron chi connectivity index (χ4n) is 3.21. The minimum Gasteiger partial charge on any atom is -0.292 e. The molecule has 1 aromatic rings. The molecule has 0 aromatic carbocycles. The number of hydrogen-bond donors (Lipinski definition) is 0. The molecule has 114 valence electrons. The highest BCUT2D eigenvalue weighted by atomic mass is 32.2. The number of Topliss-reactive ketones (excluding diaryl/α,β-unsaturated/α-hetero) is 1. The van der Waals surface area contributed by atoms with E-state index in [0.29, 0.717) is 10.5 Å². The summed E-state index contributed by atoms with van der Waals surface area (Å²) >= 11 is 1.94. The highest BCUT2D eigenvalue weighted by Gasteiger charge is 2.37. The predicted molar refractivity (Wildman–Crippen MR) is 75.3 cm³/mol. The molecular weight excluding hydrogens is 299 g/mol. The maximum Gasteiger partial charge on any atom is 0.433 e. The number of ketones is 1. The lowest BCUT2D eigenvalue weighted by Crippen LogP contribution is -2.33. The van der Waals surface area contributed by atoms with Gasteiger partial charge in [-0.15, -0.1) is 0 Å². The minimum atomic E-state index is -4.50. The van der Waals surface area contributed by atoms with Crippen LogP contribution in [0.15, 0.2) is 18.2 Å². The lowest BCUT2D eigenvalue weighted by Gasteiger charge is -2.37. The number of halogens is 3. The van der Waals surface area contributed by atoms with Gasteiger partial charge < -0.3 is 0 Å². The topological polar surface area (TPSA) is 30.0 Å². The molecule has 3 heterocycles. The summed E-state index contributed by atoms with van der Waals surface area (Å²) in [4.78, 5) is 16.0. The van der Waals surface area contributed by atoms with E-state index >= 15 is 0 Å². The van der Waals surface area contributed by atoms with Gasteiger partial charge in [0.2, 0.25) is 0 Å². The second-order valence-electron chi connectivity index (χ2n) is 5.75. The first-order valence-corrected chi connectivity index (χ1v) is 8.11. The summed E-state index contributed by atoms with van der Waals surface area (Å²) in [6, 6.07) is 3.57. The Balaban J connectivity index is 1.79. The predicted octanol–water partition coefficient (Wildman–Crippen LogP) is 4.35. The molecule has 1 aromatic heterocycles. The summed E-state index contributed by atoms with van der Waals surface area (Å²) in [6.07, 6.45) is 0.470. The Bertz CT molecular complexity index is 534. The molecule has 0 N–H and O–H groups in total. The largest absolute Gasteiger partial charge is 0.433 e. The molecule has 0 saturated carbocycles. The normalized spacial score (nSPS) is 29.2. The second kappa shape index (κ2) is 5.63. The van der Waals surface area contributed by atoms with Crippen molar-refractivity contribution in [3.63, 3.8) is 0 Å². The smallest absolute Gasteiger partial charge is 0.292 e. The zero-order chi connectivity index (χ0) is 15.0. The summed E-state index contributed by atoms with van der Waals surface area (Å²) in [7, 11) is 0. The summed E-state index contributed by atoms with van der Waals surface area (Å²) in [5.41, 5.74) is -1.03. The number of rotatable bonds is 2. The fourth-order valence-corrected chi connectivity index (χ4v) is 5.05. The average Bonchev–Trinajstić information content (AvgIpc) is 2.45. The third-order valence-corrected chi connectivity index (χ3v) is 5.82. The van der Waals surface area contributed by atoms with Gasteiger partial charge in [0.05, 0.1) is 0 Å². The first-order valence-electron chi connectivity index (χ1n) is 7.17. The van der Waals surface area contributed by atoms with Crippen LogP contribution in [0.1, 0.15) is 48.3 Å². The van der Waals surface area contributed by atoms with Crippen LogP contribution in [0.2, 0.25) is 0 Å². The lowest BCUT2D eigenvalue weighted by atomic mass is 9.85. The number of alkyl halides is 3. The molecule has 0 amide bonds. The third-order valence-electron chi connectivity index (χ3n) is 4.19. The third kappa shape index (κ3) is 3.25. The van der Waals surface area contributed by atoms with Gasteiger partial charge in [-0.1, -0.05) is 12.5 Å². The van der Waals surface area contributed by atoms with Crippen LogP contribution in [-0.2, 0) is 6.18 Å². The van der Waals surface area contributed by atoms with Crippen molar-refractivity contribution in [3.05, 3.63) is 29.6 Å². The Hall–Kier alpha value is -1.04. The number of nitrogens with zero attached hydrogens (tertiary/aromatic N) is 1. The number of carbonyl (C=O) groups is 1. The molecule has 2 aliphatic rings. The summed E-state index contributed by atoms with van der Waals surface area (Å²) in [5.74, 6) is -0.393. The number of aromatic nitrogens is 1. The van der Waals surface area contributed by atoms with Gasteiger partial charge in [-0.25, -0.2) is 4.98 Å². The average molecular weight is 315 g/mol. The van der Waals surface area contributed by atoms with Crippen molar-refractivity contribution in [1.29, 1.82) is 0 Å². The molecule has 2 nitrogen and oxygen atoms in total. The fraction of sp³-hybridized carbons (Fsp3) is 0.600. The summed E-state index contributed by atoms with van der Waals surface area (Å²) in [5, 5.41) is 0.967. The molecule has 21 heavy (non-hydrogen) atoms. The van der Waals surface area contributed by atoms with Crippen molar-refractivity contribution >= 4 is 17.5 Å². The first kappa shape index (κ1) is 14.9. The minimum absolute atomic E-state index is 0.0419. The number of fused-ring (bicyclic) bond motifs is 2. The van der Waals surface area contributed by atoms with E-state index in [1.54, 1.807) is 0 Å². The van der Waals surface area contributed by atoms with Crippen LogP contribution in [0.3, 0.4) is 0 Å². The van der Waals surface area contributed by atoms with Gasteiger partial charge in [0.15, 0.2) is 5.78 Å². The quantitative estimate of drug-likeness (QED) is 0.760. The summed E-state index contributed by atoms with van der Waals surface area (Å²) in [6.45, 7) is 0. The van der Waals surface area contributed by atoms with Crippen LogP contribution in [0.5, 0.6) is 0 Å². The van der Waals surface area contributed by atoms with E-state index in [0.717, 1.165) is 31.7 Å². The maximum absolute atomic E-state index is 12.7. The molecule has 2 saturated heterocycles. The van der Waals surface area contributed by atoms with Gasteiger partial charge in [-0.2, -0.15) is 24.9 Å². The molecule has 0 radical (unpaired) electrons. The van der Waals surface area contributed by atoms with Crippen molar-refractivity contribution < 1.29 is 18.0 Å². The molecule has 2 bridgehead atoms. The van der Waals surface area contributed by atoms with Crippen LogP contribution < -0.4 is 0 Å². The molecule has 2 fully saturated rings. The highest BCUT2D eigenvalue weighted by molar-refractivity contribution is 8.00. The number of pyridine rings is 1. The van der Waals surface area contributed by atoms with Gasteiger partial charge >= 0.3 is 6.18 Å². The van der Waals surface area contributed by atoms with Crippen molar-refractivity contribution in [2.24, 2.45) is 5.92 Å². The van der Waals surface area contributed by atoms with Crippen molar-refractivity contribution in [3.8, 4) is 0 Å². The Morgan fingerprint density at radius 3 is 2.48 bits per heavy atom. The van der Waals surface area contributed by atoms with E-state index in [-0.39, 0.29) is 17.4 Å². The Morgan fingerprint density at radius 1 is 1.19 bits per heavy atom. The number of carbonyl (C=O) groups excluding carboxylic acids is 1. The van der Waals surface area contributed by atoms with Gasteiger partial charge in [0.1, 0.15) is 11.4 Å². The van der Waals surface area contributed by atoms with Crippen LogP contribution in [-0.4, -0.2) is 21.3 Å². The molecule has 0 spiro atoms. The lowest BCUT2D eigenvalue weighted by molar-refractivity contribution is -0.141. The van der Waals surface area contributed by atoms with Gasteiger partial charge in [-0.05, 0) is 37.8 Å².